The number of hydrogen-bond donors (Lipinski definition) is 0. The summed E-state index contributed by atoms with van der Waals surface area (Å²) in [5.74, 6) is 0. The molecule has 0 atom stereocenters. The second-order valence-electron chi connectivity index (χ2n) is 13.3. The van der Waals surface area contributed by atoms with Gasteiger partial charge in [-0.3, -0.25) is 0 Å². The summed E-state index contributed by atoms with van der Waals surface area (Å²) in [6, 6.07) is 62.5. The highest BCUT2D eigenvalue weighted by atomic mass is 16.3. The third-order valence-electron chi connectivity index (χ3n) is 10.4. The molecule has 3 heterocycles. The Kier molecular flexibility index (Phi) is 5.96. The molecule has 0 bridgehead atoms. The van der Waals surface area contributed by atoms with E-state index in [0.717, 1.165) is 71.8 Å². The molecule has 0 aliphatic rings. The van der Waals surface area contributed by atoms with Gasteiger partial charge in [0.25, 0.3) is 0 Å². The minimum absolute atomic E-state index is 0.875. The maximum Gasteiger partial charge on any atom is 0.143 e. The van der Waals surface area contributed by atoms with Crippen LogP contribution >= 0.6 is 0 Å². The van der Waals surface area contributed by atoms with Gasteiger partial charge in [0.1, 0.15) is 22.3 Å². The maximum atomic E-state index is 6.75. The molecule has 11 aromatic rings. The van der Waals surface area contributed by atoms with Crippen LogP contribution in [0.15, 0.2) is 185 Å². The minimum Gasteiger partial charge on any atom is -0.456 e. The lowest BCUT2D eigenvalue weighted by Crippen LogP contribution is -1.95. The van der Waals surface area contributed by atoms with Crippen LogP contribution in [0.3, 0.4) is 0 Å². The van der Waals surface area contributed by atoms with Crippen molar-refractivity contribution in [3.63, 3.8) is 0 Å². The largest absolute Gasteiger partial charge is 0.456 e. The van der Waals surface area contributed by atoms with E-state index in [9.17, 15) is 0 Å². The predicted molar refractivity (Wildman–Crippen MR) is 212 cm³/mol. The quantitative estimate of drug-likeness (QED) is 0.190. The molecule has 3 nitrogen and oxygen atoms in total. The van der Waals surface area contributed by atoms with Crippen LogP contribution in [0, 0.1) is 0 Å². The molecule has 238 valence electrons. The van der Waals surface area contributed by atoms with Gasteiger partial charge in [-0.1, -0.05) is 127 Å². The molecule has 11 rings (SSSR count). The van der Waals surface area contributed by atoms with Crippen molar-refractivity contribution in [1.82, 2.24) is 4.57 Å². The van der Waals surface area contributed by atoms with Crippen LogP contribution in [0.2, 0.25) is 0 Å². The van der Waals surface area contributed by atoms with Crippen molar-refractivity contribution in [3.8, 4) is 39.1 Å². The average Bonchev–Trinajstić information content (AvgIpc) is 3.87. The lowest BCUT2D eigenvalue weighted by molar-refractivity contribution is 0.669. The first-order valence-electron chi connectivity index (χ1n) is 17.3. The second kappa shape index (κ2) is 10.8. The predicted octanol–water partition coefficient (Wildman–Crippen LogP) is 13.6. The normalized spacial score (nSPS) is 11.9. The van der Waals surface area contributed by atoms with Crippen LogP contribution in [0.4, 0.5) is 0 Å². The smallest absolute Gasteiger partial charge is 0.143 e. The monoisotopic (exact) mass is 651 g/mol. The van der Waals surface area contributed by atoms with Crippen molar-refractivity contribution in [3.05, 3.63) is 176 Å². The summed E-state index contributed by atoms with van der Waals surface area (Å²) in [5, 5.41) is 6.91. The molecule has 0 aliphatic carbocycles. The molecular formula is C48H29NO2. The molecule has 0 amide bonds. The van der Waals surface area contributed by atoms with Gasteiger partial charge in [0.05, 0.1) is 11.0 Å². The molecule has 0 spiro atoms. The van der Waals surface area contributed by atoms with Gasteiger partial charge in [0.15, 0.2) is 0 Å². The molecule has 3 aromatic heterocycles. The second-order valence-corrected chi connectivity index (χ2v) is 13.3. The fourth-order valence-corrected chi connectivity index (χ4v) is 8.03. The zero-order valence-electron chi connectivity index (χ0n) is 27.5. The molecule has 3 heteroatoms. The molecule has 0 unspecified atom stereocenters. The Morgan fingerprint density at radius 1 is 0.333 bits per heavy atom. The average molecular weight is 652 g/mol. The van der Waals surface area contributed by atoms with Gasteiger partial charge in [-0.25, -0.2) is 0 Å². The highest BCUT2D eigenvalue weighted by Crippen LogP contribution is 2.43. The summed E-state index contributed by atoms with van der Waals surface area (Å²) in [4.78, 5) is 0. The van der Waals surface area contributed by atoms with E-state index in [-0.39, 0.29) is 0 Å². The number of para-hydroxylation sites is 4. The Balaban J connectivity index is 1.10. The summed E-state index contributed by atoms with van der Waals surface area (Å²) in [5.41, 5.74) is 14.0. The molecule has 0 aliphatic heterocycles. The van der Waals surface area contributed by atoms with E-state index < -0.39 is 0 Å². The molecular weight excluding hydrogens is 623 g/mol. The number of furan rings is 2. The Labute approximate surface area is 293 Å². The highest BCUT2D eigenvalue weighted by Gasteiger charge is 2.20. The topological polar surface area (TPSA) is 31.2 Å². The number of rotatable bonds is 4. The first-order valence-corrected chi connectivity index (χ1v) is 17.3. The van der Waals surface area contributed by atoms with Crippen LogP contribution < -0.4 is 0 Å². The van der Waals surface area contributed by atoms with E-state index in [1.807, 2.05) is 12.1 Å². The molecule has 0 fully saturated rings. The number of fused-ring (bicyclic) bond motifs is 9. The van der Waals surface area contributed by atoms with Crippen LogP contribution in [0.5, 0.6) is 0 Å². The van der Waals surface area contributed by atoms with Crippen molar-refractivity contribution < 1.29 is 8.83 Å². The zero-order chi connectivity index (χ0) is 33.5. The van der Waals surface area contributed by atoms with Crippen molar-refractivity contribution >= 4 is 65.7 Å². The van der Waals surface area contributed by atoms with Crippen LogP contribution in [-0.4, -0.2) is 4.57 Å². The Morgan fingerprint density at radius 2 is 0.902 bits per heavy atom. The maximum absolute atomic E-state index is 6.75. The molecule has 51 heavy (non-hydrogen) atoms. The number of benzene rings is 8. The summed E-state index contributed by atoms with van der Waals surface area (Å²) in [6.07, 6.45) is 0. The number of nitrogens with zero attached hydrogens (tertiary/aromatic N) is 1. The van der Waals surface area contributed by atoms with E-state index in [1.54, 1.807) is 0 Å². The molecule has 0 radical (unpaired) electrons. The summed E-state index contributed by atoms with van der Waals surface area (Å²) < 4.78 is 15.3. The first kappa shape index (κ1) is 28.0. The number of aromatic nitrogens is 1. The van der Waals surface area contributed by atoms with Gasteiger partial charge in [-0.2, -0.15) is 0 Å². The Morgan fingerprint density at radius 3 is 1.71 bits per heavy atom. The van der Waals surface area contributed by atoms with Gasteiger partial charge in [-0.05, 0) is 70.8 Å². The third-order valence-corrected chi connectivity index (χ3v) is 10.4. The van der Waals surface area contributed by atoms with Crippen LogP contribution in [-0.2, 0) is 0 Å². The fraction of sp³-hybridized carbons (Fsp3) is 0. The summed E-state index contributed by atoms with van der Waals surface area (Å²) >= 11 is 0. The van der Waals surface area contributed by atoms with Crippen LogP contribution in [0.25, 0.3) is 105 Å². The number of hydrogen-bond acceptors (Lipinski definition) is 2. The van der Waals surface area contributed by atoms with Crippen molar-refractivity contribution in [1.29, 1.82) is 0 Å². The van der Waals surface area contributed by atoms with Gasteiger partial charge in [0, 0.05) is 49.1 Å². The Bertz CT molecular complexity index is 3120. The van der Waals surface area contributed by atoms with Gasteiger partial charge in [-0.15, -0.1) is 0 Å². The lowest BCUT2D eigenvalue weighted by atomic mass is 9.98. The van der Waals surface area contributed by atoms with Gasteiger partial charge >= 0.3 is 0 Å². The SMILES string of the molecule is c1ccc(-c2ccc(-n3c4ccccc4c4cccc(-c5cccc6c5oc5ccc(-c7ccc8oc9ccccc9c8c7)cc56)c43)cc2)cc1. The van der Waals surface area contributed by atoms with E-state index in [1.165, 1.54) is 32.9 Å². The molecule has 0 saturated carbocycles. The van der Waals surface area contributed by atoms with Crippen molar-refractivity contribution in [2.75, 3.05) is 0 Å². The summed E-state index contributed by atoms with van der Waals surface area (Å²) in [7, 11) is 0. The van der Waals surface area contributed by atoms with E-state index in [4.69, 9.17) is 8.83 Å². The zero-order valence-corrected chi connectivity index (χ0v) is 27.5. The highest BCUT2D eigenvalue weighted by molar-refractivity contribution is 6.17. The lowest BCUT2D eigenvalue weighted by Gasteiger charge is -2.13. The standard InChI is InChI=1S/C48H29NO2/c1-2-10-30(11-3-1)31-20-24-34(25-21-31)49-43-18-6-4-12-35(43)37-14-8-15-38(47(37)49)39-16-9-17-40-42-29-33(23-27-46(42)51-48(39)40)32-22-26-45-41(28-32)36-13-5-7-19-44(36)50-45/h1-29H. The van der Waals surface area contributed by atoms with Crippen molar-refractivity contribution in [2.24, 2.45) is 0 Å². The molecule has 8 aromatic carbocycles. The third kappa shape index (κ3) is 4.25. The minimum atomic E-state index is 0.875. The van der Waals surface area contributed by atoms with E-state index in [2.05, 4.69) is 168 Å². The fourth-order valence-electron chi connectivity index (χ4n) is 8.03. The molecule has 0 saturated heterocycles. The van der Waals surface area contributed by atoms with Crippen molar-refractivity contribution in [2.45, 2.75) is 0 Å². The van der Waals surface area contributed by atoms with E-state index >= 15 is 0 Å². The molecule has 0 N–H and O–H groups in total. The Hall–Kier alpha value is -6.84. The summed E-state index contributed by atoms with van der Waals surface area (Å²) in [6.45, 7) is 0. The van der Waals surface area contributed by atoms with Gasteiger partial charge in [0.2, 0.25) is 0 Å². The van der Waals surface area contributed by atoms with Gasteiger partial charge < -0.3 is 13.4 Å². The first-order chi connectivity index (χ1) is 25.3. The van der Waals surface area contributed by atoms with Crippen LogP contribution in [0.1, 0.15) is 0 Å². The van der Waals surface area contributed by atoms with E-state index in [0.29, 0.717) is 0 Å².